The molecule has 1 atom stereocenters. The minimum atomic E-state index is -0.263. The fourth-order valence-electron chi connectivity index (χ4n) is 3.18. The maximum atomic E-state index is 12.8. The number of aromatic nitrogens is 4. The highest BCUT2D eigenvalue weighted by atomic mass is 32.2. The van der Waals surface area contributed by atoms with Crippen molar-refractivity contribution in [2.75, 3.05) is 18.8 Å². The van der Waals surface area contributed by atoms with Crippen molar-refractivity contribution in [3.05, 3.63) is 33.8 Å². The van der Waals surface area contributed by atoms with Gasteiger partial charge in [-0.25, -0.2) is 4.98 Å². The Labute approximate surface area is 142 Å². The third kappa shape index (κ3) is 2.62. The van der Waals surface area contributed by atoms with Crippen molar-refractivity contribution in [3.63, 3.8) is 0 Å². The molecule has 2 aromatic rings. The molecule has 1 fully saturated rings. The number of hydrogen-bond donors (Lipinski definition) is 0. The van der Waals surface area contributed by atoms with Crippen LogP contribution in [-0.4, -0.2) is 49.3 Å². The summed E-state index contributed by atoms with van der Waals surface area (Å²) in [5.74, 6) is 1.73. The lowest BCUT2D eigenvalue weighted by molar-refractivity contribution is 0.0692. The van der Waals surface area contributed by atoms with E-state index in [0.29, 0.717) is 36.5 Å². The Morgan fingerprint density at radius 1 is 1.42 bits per heavy atom. The maximum absolute atomic E-state index is 12.8. The van der Waals surface area contributed by atoms with Crippen LogP contribution >= 0.6 is 11.8 Å². The number of carbonyl (C=O) groups is 1. The molecular weight excluding hydrogens is 330 g/mol. The number of carbonyl (C=O) groups excluding carboxylic acids is 1. The quantitative estimate of drug-likeness (QED) is 0.750. The predicted octanol–water partition coefficient (Wildman–Crippen LogP) is 1.06. The fourth-order valence-corrected chi connectivity index (χ4v) is 4.09. The fraction of sp³-hybridized carbons (Fsp3) is 0.533. The molecule has 0 aliphatic carbocycles. The van der Waals surface area contributed by atoms with Gasteiger partial charge >= 0.3 is 0 Å². The molecule has 0 saturated carbocycles. The number of rotatable bonds is 2. The number of amides is 1. The van der Waals surface area contributed by atoms with Gasteiger partial charge in [0.25, 0.3) is 11.5 Å². The van der Waals surface area contributed by atoms with E-state index in [0.717, 1.165) is 18.6 Å². The normalized spacial score (nSPS) is 20.2. The first-order valence-electron chi connectivity index (χ1n) is 7.95. The van der Waals surface area contributed by atoms with Crippen molar-refractivity contribution in [2.45, 2.75) is 37.4 Å². The van der Waals surface area contributed by atoms with Gasteiger partial charge in [0.1, 0.15) is 5.56 Å². The number of piperidine rings is 1. The zero-order valence-electron chi connectivity index (χ0n) is 13.3. The molecule has 4 heterocycles. The van der Waals surface area contributed by atoms with Gasteiger partial charge in [-0.1, -0.05) is 16.9 Å². The highest BCUT2D eigenvalue weighted by Gasteiger charge is 2.31. The molecule has 4 rings (SSSR count). The molecular formula is C15H17N5O3S. The zero-order valence-corrected chi connectivity index (χ0v) is 14.1. The Bertz CT molecular complexity index is 846. The molecule has 2 aromatic heterocycles. The van der Waals surface area contributed by atoms with Crippen molar-refractivity contribution in [1.82, 2.24) is 24.6 Å². The monoisotopic (exact) mass is 347 g/mol. The van der Waals surface area contributed by atoms with E-state index in [1.54, 1.807) is 16.4 Å². The Balaban J connectivity index is 1.57. The molecule has 0 radical (unpaired) electrons. The summed E-state index contributed by atoms with van der Waals surface area (Å²) in [6, 6.07) is 0. The van der Waals surface area contributed by atoms with E-state index >= 15 is 0 Å². The third-order valence-corrected chi connectivity index (χ3v) is 5.36. The van der Waals surface area contributed by atoms with E-state index in [9.17, 15) is 9.59 Å². The van der Waals surface area contributed by atoms with Gasteiger partial charge in [0.15, 0.2) is 11.0 Å². The molecule has 0 bridgehead atoms. The molecule has 0 aromatic carbocycles. The van der Waals surface area contributed by atoms with E-state index < -0.39 is 0 Å². The predicted molar refractivity (Wildman–Crippen MR) is 86.1 cm³/mol. The third-order valence-electron chi connectivity index (χ3n) is 4.39. The van der Waals surface area contributed by atoms with Gasteiger partial charge in [0.05, 0.1) is 5.92 Å². The highest BCUT2D eigenvalue weighted by Crippen LogP contribution is 2.26. The lowest BCUT2D eigenvalue weighted by Gasteiger charge is -2.30. The number of thioether (sulfide) groups is 1. The van der Waals surface area contributed by atoms with Crippen LogP contribution in [0, 0.1) is 6.92 Å². The lowest BCUT2D eigenvalue weighted by atomic mass is 9.97. The van der Waals surface area contributed by atoms with E-state index in [1.165, 1.54) is 18.0 Å². The average molecular weight is 347 g/mol. The molecule has 0 spiro atoms. The molecule has 1 saturated heterocycles. The van der Waals surface area contributed by atoms with E-state index in [4.69, 9.17) is 4.52 Å². The van der Waals surface area contributed by atoms with Crippen LogP contribution in [0.4, 0.5) is 0 Å². The van der Waals surface area contributed by atoms with E-state index in [-0.39, 0.29) is 22.9 Å². The molecule has 1 amide bonds. The number of hydrogen-bond acceptors (Lipinski definition) is 7. The van der Waals surface area contributed by atoms with E-state index in [1.807, 2.05) is 0 Å². The lowest BCUT2D eigenvalue weighted by Crippen LogP contribution is -2.42. The standard InChI is InChI=1S/C15H17N5O3S/c1-9-17-12(23-18-9)10-3-2-4-19(8-10)13(21)11-7-16-15-20(14(11)22)5-6-24-15/h7,10H,2-6,8H2,1H3/t10-/m1/s1. The number of nitrogens with zero attached hydrogens (tertiary/aromatic N) is 5. The second kappa shape index (κ2) is 6.04. The van der Waals surface area contributed by atoms with Gasteiger partial charge in [0.2, 0.25) is 5.89 Å². The van der Waals surface area contributed by atoms with Gasteiger partial charge < -0.3 is 9.42 Å². The number of likely N-dealkylation sites (tertiary alicyclic amines) is 1. The van der Waals surface area contributed by atoms with Crippen LogP contribution in [0.3, 0.4) is 0 Å². The van der Waals surface area contributed by atoms with Gasteiger partial charge in [0, 0.05) is 31.6 Å². The second-order valence-electron chi connectivity index (χ2n) is 6.03. The summed E-state index contributed by atoms with van der Waals surface area (Å²) in [7, 11) is 0. The van der Waals surface area contributed by atoms with Crippen LogP contribution in [0.2, 0.25) is 0 Å². The van der Waals surface area contributed by atoms with Crippen LogP contribution < -0.4 is 5.56 Å². The maximum Gasteiger partial charge on any atom is 0.267 e. The van der Waals surface area contributed by atoms with Crippen molar-refractivity contribution in [3.8, 4) is 0 Å². The van der Waals surface area contributed by atoms with Gasteiger partial charge in [-0.2, -0.15) is 4.98 Å². The van der Waals surface area contributed by atoms with Crippen molar-refractivity contribution >= 4 is 17.7 Å². The number of fused-ring (bicyclic) bond motifs is 1. The summed E-state index contributed by atoms with van der Waals surface area (Å²) in [5.41, 5.74) is -0.102. The Morgan fingerprint density at radius 2 is 2.29 bits per heavy atom. The first-order chi connectivity index (χ1) is 11.6. The largest absolute Gasteiger partial charge is 0.339 e. The summed E-state index contributed by atoms with van der Waals surface area (Å²) in [6.45, 7) is 3.49. The minimum absolute atomic E-state index is 0.0181. The molecule has 24 heavy (non-hydrogen) atoms. The molecule has 0 unspecified atom stereocenters. The number of aryl methyl sites for hydroxylation is 1. The van der Waals surface area contributed by atoms with Crippen LogP contribution in [0.5, 0.6) is 0 Å². The topological polar surface area (TPSA) is 94.1 Å². The average Bonchev–Trinajstić information content (AvgIpc) is 3.24. The van der Waals surface area contributed by atoms with Gasteiger partial charge in [-0.15, -0.1) is 0 Å². The van der Waals surface area contributed by atoms with Crippen LogP contribution in [0.25, 0.3) is 0 Å². The summed E-state index contributed by atoms with van der Waals surface area (Å²) < 4.78 is 6.83. The van der Waals surface area contributed by atoms with Crippen molar-refractivity contribution < 1.29 is 9.32 Å². The Kier molecular flexibility index (Phi) is 3.87. The smallest absolute Gasteiger partial charge is 0.267 e. The van der Waals surface area contributed by atoms with Crippen LogP contribution in [-0.2, 0) is 6.54 Å². The minimum Gasteiger partial charge on any atom is -0.339 e. The SMILES string of the molecule is Cc1noc([C@@H]2CCCN(C(=O)c3cnc4n(c3=O)CCS4)C2)n1. The summed E-state index contributed by atoms with van der Waals surface area (Å²) >= 11 is 1.54. The molecule has 0 N–H and O–H groups in total. The summed E-state index contributed by atoms with van der Waals surface area (Å²) in [4.78, 5) is 35.5. The van der Waals surface area contributed by atoms with Gasteiger partial charge in [-0.3, -0.25) is 14.2 Å². The van der Waals surface area contributed by atoms with Gasteiger partial charge in [-0.05, 0) is 19.8 Å². The highest BCUT2D eigenvalue weighted by molar-refractivity contribution is 7.99. The first-order valence-corrected chi connectivity index (χ1v) is 8.94. The molecule has 126 valence electrons. The zero-order chi connectivity index (χ0) is 16.7. The van der Waals surface area contributed by atoms with Crippen molar-refractivity contribution in [1.29, 1.82) is 0 Å². The molecule has 2 aliphatic heterocycles. The summed E-state index contributed by atoms with van der Waals surface area (Å²) in [5, 5.41) is 4.51. The Morgan fingerprint density at radius 3 is 3.08 bits per heavy atom. The van der Waals surface area contributed by atoms with Crippen LogP contribution in [0.15, 0.2) is 20.7 Å². The second-order valence-corrected chi connectivity index (χ2v) is 7.09. The van der Waals surface area contributed by atoms with E-state index in [2.05, 4.69) is 15.1 Å². The molecule has 8 nitrogen and oxygen atoms in total. The molecule has 2 aliphatic rings. The van der Waals surface area contributed by atoms with Crippen LogP contribution in [0.1, 0.15) is 40.8 Å². The van der Waals surface area contributed by atoms with Crippen molar-refractivity contribution in [2.24, 2.45) is 0 Å². The first kappa shape index (κ1) is 15.4. The molecule has 9 heteroatoms. The Hall–Kier alpha value is -2.16. The summed E-state index contributed by atoms with van der Waals surface area (Å²) in [6.07, 6.45) is 3.14.